The molecule has 0 fully saturated rings. The highest BCUT2D eigenvalue weighted by Crippen LogP contribution is 2.29. The van der Waals surface area contributed by atoms with Crippen molar-refractivity contribution in [3.05, 3.63) is 35.4 Å². The number of nitrogens with one attached hydrogen (secondary N) is 2. The van der Waals surface area contributed by atoms with E-state index in [0.717, 1.165) is 6.42 Å². The Morgan fingerprint density at radius 1 is 1.47 bits per heavy atom. The van der Waals surface area contributed by atoms with Crippen LogP contribution in [-0.2, 0) is 11.2 Å². The van der Waals surface area contributed by atoms with Crippen LogP contribution in [0.15, 0.2) is 24.3 Å². The quantitative estimate of drug-likeness (QED) is 0.829. The lowest BCUT2D eigenvalue weighted by Crippen LogP contribution is -2.44. The van der Waals surface area contributed by atoms with E-state index in [9.17, 15) is 0 Å². The Balaban J connectivity index is 1.95. The van der Waals surface area contributed by atoms with Gasteiger partial charge in [-0.15, -0.1) is 0 Å². The molecule has 1 aromatic rings. The zero-order valence-electron chi connectivity index (χ0n) is 11.6. The average Bonchev–Trinajstić information content (AvgIpc) is 2.39. The molecule has 0 radical (unpaired) electrons. The van der Waals surface area contributed by atoms with Crippen molar-refractivity contribution in [1.82, 2.24) is 10.6 Å². The molecule has 0 amide bonds. The van der Waals surface area contributed by atoms with E-state index in [0.29, 0.717) is 17.8 Å². The van der Waals surface area contributed by atoms with Gasteiger partial charge in [0, 0.05) is 13.2 Å². The molecule has 19 heavy (non-hydrogen) atoms. The van der Waals surface area contributed by atoms with Crippen LogP contribution in [0, 0.1) is 0 Å². The molecule has 0 bridgehead atoms. The molecule has 0 aromatic heterocycles. The second-order valence-electron chi connectivity index (χ2n) is 5.12. The number of hydrogen-bond donors (Lipinski definition) is 2. The van der Waals surface area contributed by atoms with E-state index in [1.807, 2.05) is 0 Å². The molecule has 1 aliphatic carbocycles. The van der Waals surface area contributed by atoms with Crippen molar-refractivity contribution in [3.63, 3.8) is 0 Å². The van der Waals surface area contributed by atoms with Crippen LogP contribution in [0.5, 0.6) is 0 Å². The number of rotatable bonds is 4. The summed E-state index contributed by atoms with van der Waals surface area (Å²) in [5.74, 6) is 0. The average molecular weight is 278 g/mol. The monoisotopic (exact) mass is 278 g/mol. The smallest absolute Gasteiger partial charge is 0.167 e. The molecule has 0 saturated carbocycles. The first-order valence-electron chi connectivity index (χ1n) is 6.84. The van der Waals surface area contributed by atoms with Crippen molar-refractivity contribution in [2.45, 2.75) is 38.3 Å². The summed E-state index contributed by atoms with van der Waals surface area (Å²) >= 11 is 5.38. The lowest BCUT2D eigenvalue weighted by atomic mass is 9.88. The standard InChI is InChI=1S/C15H22N2OS/c1-11(10-18-2)16-15(19)17-14-9-5-7-12-6-3-4-8-13(12)14/h3-4,6,8,11,14H,5,7,9-10H2,1-2H3,(H2,16,17,19). The normalized spacial score (nSPS) is 19.4. The highest BCUT2D eigenvalue weighted by atomic mass is 32.1. The summed E-state index contributed by atoms with van der Waals surface area (Å²) in [5, 5.41) is 7.40. The minimum atomic E-state index is 0.226. The lowest BCUT2D eigenvalue weighted by Gasteiger charge is -2.28. The van der Waals surface area contributed by atoms with E-state index in [1.54, 1.807) is 7.11 Å². The Bertz CT molecular complexity index is 436. The van der Waals surface area contributed by atoms with Gasteiger partial charge in [-0.25, -0.2) is 0 Å². The van der Waals surface area contributed by atoms with E-state index in [1.165, 1.54) is 24.0 Å². The third-order valence-electron chi connectivity index (χ3n) is 3.47. The van der Waals surface area contributed by atoms with Gasteiger partial charge in [0.2, 0.25) is 0 Å². The van der Waals surface area contributed by atoms with Gasteiger partial charge in [-0.3, -0.25) is 0 Å². The lowest BCUT2D eigenvalue weighted by molar-refractivity contribution is 0.179. The van der Waals surface area contributed by atoms with E-state index in [4.69, 9.17) is 17.0 Å². The van der Waals surface area contributed by atoms with Crippen molar-refractivity contribution in [2.75, 3.05) is 13.7 Å². The summed E-state index contributed by atoms with van der Waals surface area (Å²) in [7, 11) is 1.70. The molecule has 2 unspecified atom stereocenters. The molecule has 4 heteroatoms. The van der Waals surface area contributed by atoms with Gasteiger partial charge in [-0.05, 0) is 49.5 Å². The van der Waals surface area contributed by atoms with Crippen molar-refractivity contribution in [2.24, 2.45) is 0 Å². The van der Waals surface area contributed by atoms with Crippen molar-refractivity contribution >= 4 is 17.3 Å². The van der Waals surface area contributed by atoms with E-state index < -0.39 is 0 Å². The van der Waals surface area contributed by atoms with Crippen LogP contribution in [0.2, 0.25) is 0 Å². The SMILES string of the molecule is COCC(C)NC(=S)NC1CCCc2ccccc21. The van der Waals surface area contributed by atoms with Crippen molar-refractivity contribution < 1.29 is 4.74 Å². The topological polar surface area (TPSA) is 33.3 Å². The Labute approximate surface area is 120 Å². The summed E-state index contributed by atoms with van der Waals surface area (Å²) in [6, 6.07) is 9.19. The van der Waals surface area contributed by atoms with Gasteiger partial charge < -0.3 is 15.4 Å². The summed E-state index contributed by atoms with van der Waals surface area (Å²) in [4.78, 5) is 0. The fraction of sp³-hybridized carbons (Fsp3) is 0.533. The second kappa shape index (κ2) is 6.87. The maximum Gasteiger partial charge on any atom is 0.167 e. The molecule has 2 N–H and O–H groups in total. The Morgan fingerprint density at radius 3 is 3.05 bits per heavy atom. The molecule has 2 atom stereocenters. The molecule has 1 aromatic carbocycles. The second-order valence-corrected chi connectivity index (χ2v) is 5.53. The molecule has 0 aliphatic heterocycles. The minimum Gasteiger partial charge on any atom is -0.383 e. The number of benzene rings is 1. The number of fused-ring (bicyclic) bond motifs is 1. The number of thiocarbonyl (C=S) groups is 1. The van der Waals surface area contributed by atoms with E-state index >= 15 is 0 Å². The zero-order chi connectivity index (χ0) is 13.7. The summed E-state index contributed by atoms with van der Waals surface area (Å²) in [6.07, 6.45) is 3.52. The van der Waals surface area contributed by atoms with Crippen LogP contribution >= 0.6 is 12.2 Å². The molecular formula is C15H22N2OS. The van der Waals surface area contributed by atoms with Crippen LogP contribution in [0.4, 0.5) is 0 Å². The predicted molar refractivity (Wildman–Crippen MR) is 82.3 cm³/mol. The first kappa shape index (κ1) is 14.3. The zero-order valence-corrected chi connectivity index (χ0v) is 12.4. The number of methoxy groups -OCH3 is 1. The van der Waals surface area contributed by atoms with Crippen molar-refractivity contribution in [3.8, 4) is 0 Å². The maximum atomic E-state index is 5.38. The van der Waals surface area contributed by atoms with Gasteiger partial charge in [0.05, 0.1) is 12.6 Å². The van der Waals surface area contributed by atoms with Gasteiger partial charge in [0.15, 0.2) is 5.11 Å². The van der Waals surface area contributed by atoms with Gasteiger partial charge >= 0.3 is 0 Å². The number of ether oxygens (including phenoxy) is 1. The maximum absolute atomic E-state index is 5.38. The van der Waals surface area contributed by atoms with Gasteiger partial charge in [-0.2, -0.15) is 0 Å². The molecular weight excluding hydrogens is 256 g/mol. The van der Waals surface area contributed by atoms with Crippen LogP contribution in [0.3, 0.4) is 0 Å². The van der Waals surface area contributed by atoms with Crippen LogP contribution in [0.1, 0.15) is 36.9 Å². The molecule has 0 heterocycles. The van der Waals surface area contributed by atoms with E-state index in [2.05, 4.69) is 41.8 Å². The van der Waals surface area contributed by atoms with Crippen LogP contribution in [-0.4, -0.2) is 24.9 Å². The predicted octanol–water partition coefficient (Wildman–Crippen LogP) is 2.56. The molecule has 2 rings (SSSR count). The Kier molecular flexibility index (Phi) is 5.16. The van der Waals surface area contributed by atoms with Gasteiger partial charge in [0.25, 0.3) is 0 Å². The minimum absolute atomic E-state index is 0.226. The first-order valence-corrected chi connectivity index (χ1v) is 7.25. The van der Waals surface area contributed by atoms with Crippen molar-refractivity contribution in [1.29, 1.82) is 0 Å². The fourth-order valence-corrected chi connectivity index (χ4v) is 2.96. The van der Waals surface area contributed by atoms with Crippen LogP contribution < -0.4 is 10.6 Å². The highest BCUT2D eigenvalue weighted by molar-refractivity contribution is 7.80. The third kappa shape index (κ3) is 3.91. The summed E-state index contributed by atoms with van der Waals surface area (Å²) in [6.45, 7) is 2.72. The molecule has 3 nitrogen and oxygen atoms in total. The Morgan fingerprint density at radius 2 is 2.26 bits per heavy atom. The summed E-state index contributed by atoms with van der Waals surface area (Å²) in [5.41, 5.74) is 2.83. The fourth-order valence-electron chi connectivity index (χ4n) is 2.62. The molecule has 1 aliphatic rings. The molecule has 0 saturated heterocycles. The first-order chi connectivity index (χ1) is 9.20. The third-order valence-corrected chi connectivity index (χ3v) is 3.70. The number of aryl methyl sites for hydroxylation is 1. The Hall–Kier alpha value is -1.13. The highest BCUT2D eigenvalue weighted by Gasteiger charge is 2.20. The molecule has 0 spiro atoms. The van der Waals surface area contributed by atoms with Gasteiger partial charge in [-0.1, -0.05) is 24.3 Å². The largest absolute Gasteiger partial charge is 0.383 e. The van der Waals surface area contributed by atoms with Gasteiger partial charge in [0.1, 0.15) is 0 Å². The molecule has 104 valence electrons. The summed E-state index contributed by atoms with van der Waals surface area (Å²) < 4.78 is 5.10. The van der Waals surface area contributed by atoms with Crippen LogP contribution in [0.25, 0.3) is 0 Å². The number of hydrogen-bond acceptors (Lipinski definition) is 2. The van der Waals surface area contributed by atoms with E-state index in [-0.39, 0.29) is 6.04 Å².